The van der Waals surface area contributed by atoms with E-state index in [1.165, 1.54) is 18.5 Å². The van der Waals surface area contributed by atoms with Crippen LogP contribution in [0.15, 0.2) is 30.6 Å². The molecule has 130 valence electrons. The van der Waals surface area contributed by atoms with Crippen LogP contribution in [0.5, 0.6) is 0 Å². The maximum absolute atomic E-state index is 13.2. The Balaban J connectivity index is 1.64. The van der Waals surface area contributed by atoms with Gasteiger partial charge in [0.1, 0.15) is 0 Å². The minimum Gasteiger partial charge on any atom is -0.342 e. The van der Waals surface area contributed by atoms with Gasteiger partial charge in [0.15, 0.2) is 11.6 Å². The molecule has 0 atom stereocenters. The van der Waals surface area contributed by atoms with Gasteiger partial charge in [0.25, 0.3) is 5.91 Å². The highest BCUT2D eigenvalue weighted by Crippen LogP contribution is 2.16. The number of rotatable bonds is 4. The molecule has 1 aromatic heterocycles. The van der Waals surface area contributed by atoms with Crippen molar-refractivity contribution >= 4 is 24.0 Å². The van der Waals surface area contributed by atoms with Gasteiger partial charge in [0.2, 0.25) is 12.4 Å². The summed E-state index contributed by atoms with van der Waals surface area (Å²) in [6.07, 6.45) is 3.50. The molecule has 2 amide bonds. The Morgan fingerprint density at radius 3 is 2.36 bits per heavy atom. The second kappa shape index (κ2) is 7.20. The topological polar surface area (TPSA) is 78.4 Å². The van der Waals surface area contributed by atoms with E-state index in [2.05, 4.69) is 15.3 Å². The van der Waals surface area contributed by atoms with Crippen LogP contribution in [-0.4, -0.2) is 58.3 Å². The van der Waals surface area contributed by atoms with Gasteiger partial charge >= 0.3 is 0 Å². The summed E-state index contributed by atoms with van der Waals surface area (Å²) in [5.41, 5.74) is 0.610. The molecule has 3 rings (SSSR count). The minimum atomic E-state index is -0.980. The molecule has 1 saturated heterocycles. The maximum atomic E-state index is 13.2. The van der Waals surface area contributed by atoms with E-state index in [1.54, 1.807) is 9.80 Å². The Hall–Kier alpha value is -3.10. The molecular weight excluding hydrogens is 332 g/mol. The van der Waals surface area contributed by atoms with Crippen LogP contribution in [0.2, 0.25) is 0 Å². The number of nitrogens with one attached hydrogen (secondary N) is 1. The number of carbonyl (C=O) groups is 2. The van der Waals surface area contributed by atoms with Crippen LogP contribution in [0.1, 0.15) is 10.4 Å². The lowest BCUT2D eigenvalue weighted by Gasteiger charge is -2.32. The number of anilines is 2. The number of carbonyl (C=O) groups excluding carboxylic acids is 2. The number of halogens is 2. The molecule has 1 N–H and O–H groups in total. The number of aromatic nitrogens is 2. The summed E-state index contributed by atoms with van der Waals surface area (Å²) in [5.74, 6) is -1.98. The van der Waals surface area contributed by atoms with Crippen molar-refractivity contribution in [1.82, 2.24) is 19.8 Å². The van der Waals surface area contributed by atoms with Crippen LogP contribution in [-0.2, 0) is 4.79 Å². The Labute approximate surface area is 142 Å². The van der Waals surface area contributed by atoms with Gasteiger partial charge < -0.3 is 15.1 Å². The predicted octanol–water partition coefficient (Wildman–Crippen LogP) is 1.41. The van der Waals surface area contributed by atoms with Crippen LogP contribution in [0.3, 0.4) is 0 Å². The molecule has 0 saturated carbocycles. The minimum absolute atomic E-state index is 0.160. The van der Waals surface area contributed by atoms with Crippen molar-refractivity contribution in [3.05, 3.63) is 47.8 Å². The van der Waals surface area contributed by atoms with E-state index in [4.69, 9.17) is 0 Å². The van der Waals surface area contributed by atoms with Crippen molar-refractivity contribution in [3.8, 4) is 0 Å². The summed E-state index contributed by atoms with van der Waals surface area (Å²) in [6.45, 7) is 1.89. The fraction of sp³-hybridized carbons (Fsp3) is 0.250. The lowest BCUT2D eigenvalue weighted by atomic mass is 10.2. The van der Waals surface area contributed by atoms with Crippen LogP contribution in [0.25, 0.3) is 0 Å². The zero-order valence-electron chi connectivity index (χ0n) is 13.2. The van der Waals surface area contributed by atoms with Crippen molar-refractivity contribution < 1.29 is 18.4 Å². The average molecular weight is 347 g/mol. The standard InChI is InChI=1S/C16H15F2N5O2/c17-13-2-1-12(7-14(13)18)21-16-19-8-11(9-20-16)15(25)23-5-3-22(10-24)4-6-23/h1-2,7-10H,3-6H2,(H,19,20,21). The molecule has 0 aliphatic carbocycles. The molecule has 1 aromatic carbocycles. The van der Waals surface area contributed by atoms with E-state index in [0.717, 1.165) is 18.5 Å². The molecule has 0 spiro atoms. The Kier molecular flexibility index (Phi) is 4.82. The Morgan fingerprint density at radius 1 is 1.08 bits per heavy atom. The van der Waals surface area contributed by atoms with Gasteiger partial charge in [0, 0.05) is 50.3 Å². The molecule has 0 unspecified atom stereocenters. The Morgan fingerprint density at radius 2 is 1.76 bits per heavy atom. The molecule has 2 heterocycles. The first-order chi connectivity index (χ1) is 12.1. The summed E-state index contributed by atoms with van der Waals surface area (Å²) in [6, 6.07) is 3.34. The zero-order valence-corrected chi connectivity index (χ0v) is 13.2. The molecule has 1 aliphatic rings. The summed E-state index contributed by atoms with van der Waals surface area (Å²) in [7, 11) is 0. The molecule has 2 aromatic rings. The number of piperazine rings is 1. The second-order valence-corrected chi connectivity index (χ2v) is 5.48. The molecule has 25 heavy (non-hydrogen) atoms. The molecule has 9 heteroatoms. The van der Waals surface area contributed by atoms with Gasteiger partial charge in [0.05, 0.1) is 5.56 Å². The normalized spacial score (nSPS) is 14.3. The fourth-order valence-electron chi connectivity index (χ4n) is 2.42. The van der Waals surface area contributed by atoms with Crippen LogP contribution >= 0.6 is 0 Å². The van der Waals surface area contributed by atoms with Gasteiger partial charge in [-0.3, -0.25) is 9.59 Å². The number of hydrogen-bond donors (Lipinski definition) is 1. The average Bonchev–Trinajstić information content (AvgIpc) is 2.65. The Bertz CT molecular complexity index is 777. The first-order valence-corrected chi connectivity index (χ1v) is 7.59. The number of amides is 2. The van der Waals surface area contributed by atoms with Crippen LogP contribution in [0, 0.1) is 11.6 Å². The quantitative estimate of drug-likeness (QED) is 0.846. The summed E-state index contributed by atoms with van der Waals surface area (Å²) < 4.78 is 26.1. The predicted molar refractivity (Wildman–Crippen MR) is 85.2 cm³/mol. The first-order valence-electron chi connectivity index (χ1n) is 7.59. The highest BCUT2D eigenvalue weighted by molar-refractivity contribution is 5.93. The first kappa shape index (κ1) is 16.7. The van der Waals surface area contributed by atoms with Gasteiger partial charge in [-0.2, -0.15) is 0 Å². The van der Waals surface area contributed by atoms with Crippen molar-refractivity contribution in [2.45, 2.75) is 0 Å². The molecule has 0 radical (unpaired) electrons. The van der Waals surface area contributed by atoms with Crippen LogP contribution < -0.4 is 5.32 Å². The lowest BCUT2D eigenvalue weighted by molar-refractivity contribution is -0.119. The third kappa shape index (κ3) is 3.87. The van der Waals surface area contributed by atoms with Crippen molar-refractivity contribution in [1.29, 1.82) is 0 Å². The maximum Gasteiger partial charge on any atom is 0.257 e. The second-order valence-electron chi connectivity index (χ2n) is 5.48. The van der Waals surface area contributed by atoms with E-state index in [9.17, 15) is 18.4 Å². The van der Waals surface area contributed by atoms with Crippen molar-refractivity contribution in [3.63, 3.8) is 0 Å². The third-order valence-corrected chi connectivity index (χ3v) is 3.83. The molecule has 1 aliphatic heterocycles. The molecule has 1 fully saturated rings. The largest absolute Gasteiger partial charge is 0.342 e. The van der Waals surface area contributed by atoms with E-state index in [-0.39, 0.29) is 11.9 Å². The number of benzene rings is 1. The molecular formula is C16H15F2N5O2. The van der Waals surface area contributed by atoms with E-state index in [0.29, 0.717) is 37.4 Å². The van der Waals surface area contributed by atoms with Gasteiger partial charge in [-0.05, 0) is 12.1 Å². The lowest BCUT2D eigenvalue weighted by Crippen LogP contribution is -2.48. The smallest absolute Gasteiger partial charge is 0.257 e. The zero-order chi connectivity index (χ0) is 17.8. The van der Waals surface area contributed by atoms with Gasteiger partial charge in [-0.25, -0.2) is 18.7 Å². The number of hydrogen-bond acceptors (Lipinski definition) is 5. The highest BCUT2D eigenvalue weighted by Gasteiger charge is 2.21. The highest BCUT2D eigenvalue weighted by atomic mass is 19.2. The monoisotopic (exact) mass is 347 g/mol. The van der Waals surface area contributed by atoms with E-state index >= 15 is 0 Å². The summed E-state index contributed by atoms with van der Waals surface area (Å²) >= 11 is 0. The van der Waals surface area contributed by atoms with E-state index in [1.807, 2.05) is 0 Å². The summed E-state index contributed by atoms with van der Waals surface area (Å²) in [4.78, 5) is 34.3. The SMILES string of the molecule is O=CN1CCN(C(=O)c2cnc(Nc3ccc(F)c(F)c3)nc2)CC1. The van der Waals surface area contributed by atoms with Crippen molar-refractivity contribution in [2.75, 3.05) is 31.5 Å². The van der Waals surface area contributed by atoms with Gasteiger partial charge in [-0.1, -0.05) is 0 Å². The third-order valence-electron chi connectivity index (χ3n) is 3.83. The molecule has 0 bridgehead atoms. The van der Waals surface area contributed by atoms with Gasteiger partial charge in [-0.15, -0.1) is 0 Å². The van der Waals surface area contributed by atoms with Crippen molar-refractivity contribution in [2.24, 2.45) is 0 Å². The van der Waals surface area contributed by atoms with Crippen LogP contribution in [0.4, 0.5) is 20.4 Å². The van der Waals surface area contributed by atoms with E-state index < -0.39 is 11.6 Å². The molecule has 7 nitrogen and oxygen atoms in total. The number of nitrogens with zero attached hydrogens (tertiary/aromatic N) is 4. The summed E-state index contributed by atoms with van der Waals surface area (Å²) in [5, 5.41) is 2.73. The fourth-order valence-corrected chi connectivity index (χ4v) is 2.42.